The molecule has 1 fully saturated rings. The Kier molecular flexibility index (Phi) is 4.72. The van der Waals surface area contributed by atoms with E-state index in [-0.39, 0.29) is 5.54 Å². The van der Waals surface area contributed by atoms with Gasteiger partial charge >= 0.3 is 0 Å². The molecule has 3 nitrogen and oxygen atoms in total. The highest BCUT2D eigenvalue weighted by molar-refractivity contribution is 5.27. The second-order valence-corrected chi connectivity index (χ2v) is 7.99. The highest BCUT2D eigenvalue weighted by atomic mass is 14.9. The van der Waals surface area contributed by atoms with Crippen LogP contribution in [0.4, 0.5) is 0 Å². The van der Waals surface area contributed by atoms with Crippen molar-refractivity contribution >= 4 is 0 Å². The maximum atomic E-state index is 4.78. The fourth-order valence-corrected chi connectivity index (χ4v) is 2.81. The molecule has 0 bridgehead atoms. The lowest BCUT2D eigenvalue weighted by Gasteiger charge is -2.24. The van der Waals surface area contributed by atoms with Crippen molar-refractivity contribution in [1.82, 2.24) is 15.3 Å². The normalized spacial score (nSPS) is 23.2. The van der Waals surface area contributed by atoms with E-state index in [1.165, 1.54) is 23.4 Å². The van der Waals surface area contributed by atoms with Gasteiger partial charge in [0.05, 0.1) is 0 Å². The first-order valence-electron chi connectivity index (χ1n) is 8.26. The van der Waals surface area contributed by atoms with Crippen LogP contribution in [0.1, 0.15) is 69.7 Å². The zero-order valence-electron chi connectivity index (χ0n) is 14.7. The van der Waals surface area contributed by atoms with Gasteiger partial charge in [0.1, 0.15) is 5.82 Å². The van der Waals surface area contributed by atoms with Gasteiger partial charge < -0.3 is 5.32 Å². The Morgan fingerprint density at radius 3 is 2.14 bits per heavy atom. The predicted molar refractivity (Wildman–Crippen MR) is 88.7 cm³/mol. The van der Waals surface area contributed by atoms with Crippen LogP contribution in [0.25, 0.3) is 0 Å². The topological polar surface area (TPSA) is 37.8 Å². The van der Waals surface area contributed by atoms with E-state index in [9.17, 15) is 0 Å². The first kappa shape index (κ1) is 16.4. The van der Waals surface area contributed by atoms with Crippen LogP contribution in [0.2, 0.25) is 0 Å². The van der Waals surface area contributed by atoms with Crippen LogP contribution in [0.5, 0.6) is 0 Å². The molecule has 1 aromatic heterocycles. The zero-order chi connectivity index (χ0) is 15.8. The Bertz CT molecular complexity index is 479. The summed E-state index contributed by atoms with van der Waals surface area (Å²) in [5.41, 5.74) is 3.88. The molecule has 118 valence electrons. The molecule has 3 heteroatoms. The summed E-state index contributed by atoms with van der Waals surface area (Å²) in [6.45, 7) is 16.5. The van der Waals surface area contributed by atoms with Crippen molar-refractivity contribution in [3.63, 3.8) is 0 Å². The average molecular weight is 289 g/mol. The highest BCUT2D eigenvalue weighted by Gasteiger charge is 2.37. The van der Waals surface area contributed by atoms with Crippen LogP contribution in [0.3, 0.4) is 0 Å². The summed E-state index contributed by atoms with van der Waals surface area (Å²) in [4.78, 5) is 9.55. The van der Waals surface area contributed by atoms with E-state index in [2.05, 4.69) is 53.8 Å². The minimum absolute atomic E-state index is 0.181. The molecule has 0 amide bonds. The van der Waals surface area contributed by atoms with Gasteiger partial charge in [0, 0.05) is 22.8 Å². The molecule has 1 N–H and O–H groups in total. The summed E-state index contributed by atoms with van der Waals surface area (Å²) in [6, 6.07) is 0. The lowest BCUT2D eigenvalue weighted by atomic mass is 9.97. The van der Waals surface area contributed by atoms with Crippen molar-refractivity contribution in [3.8, 4) is 0 Å². The molecule has 1 aliphatic carbocycles. The summed E-state index contributed by atoms with van der Waals surface area (Å²) in [5.74, 6) is 3.04. The van der Waals surface area contributed by atoms with Crippen molar-refractivity contribution in [2.45, 2.75) is 72.8 Å². The fourth-order valence-electron chi connectivity index (χ4n) is 2.81. The van der Waals surface area contributed by atoms with Crippen molar-refractivity contribution in [3.05, 3.63) is 22.8 Å². The van der Waals surface area contributed by atoms with E-state index in [1.54, 1.807) is 0 Å². The van der Waals surface area contributed by atoms with Crippen molar-refractivity contribution in [2.75, 3.05) is 6.54 Å². The first-order chi connectivity index (χ1) is 9.67. The number of hydrogen-bond donors (Lipinski definition) is 1. The number of hydrogen-bond acceptors (Lipinski definition) is 3. The third kappa shape index (κ3) is 4.50. The lowest BCUT2D eigenvalue weighted by Crippen LogP contribution is -2.39. The van der Waals surface area contributed by atoms with Crippen molar-refractivity contribution in [1.29, 1.82) is 0 Å². The van der Waals surface area contributed by atoms with Crippen molar-refractivity contribution < 1.29 is 0 Å². The van der Waals surface area contributed by atoms with Crippen LogP contribution >= 0.6 is 0 Å². The molecule has 21 heavy (non-hydrogen) atoms. The maximum Gasteiger partial charge on any atom is 0.132 e. The van der Waals surface area contributed by atoms with Gasteiger partial charge in [0.15, 0.2) is 0 Å². The molecular formula is C18H31N3. The van der Waals surface area contributed by atoms with E-state index < -0.39 is 0 Å². The van der Waals surface area contributed by atoms with Gasteiger partial charge in [-0.15, -0.1) is 0 Å². The van der Waals surface area contributed by atoms with E-state index in [4.69, 9.17) is 9.97 Å². The SMILES string of the molecule is Cc1nc(C2CC2C)nc(C)c1CC(C)CNC(C)(C)C. The third-order valence-corrected chi connectivity index (χ3v) is 4.41. The third-order valence-electron chi connectivity index (χ3n) is 4.41. The monoisotopic (exact) mass is 289 g/mol. The van der Waals surface area contributed by atoms with Crippen LogP contribution in [-0.4, -0.2) is 22.1 Å². The van der Waals surface area contributed by atoms with Gasteiger partial charge in [-0.3, -0.25) is 0 Å². The number of nitrogens with zero attached hydrogens (tertiary/aromatic N) is 2. The van der Waals surface area contributed by atoms with Gasteiger partial charge in [0.2, 0.25) is 0 Å². The quantitative estimate of drug-likeness (QED) is 0.896. The smallest absolute Gasteiger partial charge is 0.132 e. The molecule has 1 aliphatic rings. The largest absolute Gasteiger partial charge is 0.312 e. The molecule has 2 rings (SSSR count). The van der Waals surface area contributed by atoms with Gasteiger partial charge in [0.25, 0.3) is 0 Å². The van der Waals surface area contributed by atoms with Crippen LogP contribution in [-0.2, 0) is 6.42 Å². The second kappa shape index (κ2) is 6.04. The van der Waals surface area contributed by atoms with E-state index in [1.807, 2.05) is 0 Å². The molecule has 1 saturated carbocycles. The molecule has 0 aromatic carbocycles. The molecule has 1 heterocycles. The maximum absolute atomic E-state index is 4.78. The summed E-state index contributed by atoms with van der Waals surface area (Å²) in [7, 11) is 0. The molecule has 0 saturated heterocycles. The molecule has 3 unspecified atom stereocenters. The minimum Gasteiger partial charge on any atom is -0.312 e. The summed E-state index contributed by atoms with van der Waals surface area (Å²) in [5, 5.41) is 3.59. The Balaban J connectivity index is 2.03. The summed E-state index contributed by atoms with van der Waals surface area (Å²) >= 11 is 0. The fraction of sp³-hybridized carbons (Fsp3) is 0.778. The molecule has 0 radical (unpaired) electrons. The molecular weight excluding hydrogens is 258 g/mol. The Labute approximate surface area is 130 Å². The predicted octanol–water partition coefficient (Wildman–Crippen LogP) is 3.78. The highest BCUT2D eigenvalue weighted by Crippen LogP contribution is 2.45. The summed E-state index contributed by atoms with van der Waals surface area (Å²) < 4.78 is 0. The molecule has 1 aromatic rings. The van der Waals surface area contributed by atoms with E-state index in [0.29, 0.717) is 11.8 Å². The molecule has 0 aliphatic heterocycles. The van der Waals surface area contributed by atoms with Gasteiger partial charge in [-0.1, -0.05) is 13.8 Å². The molecule has 0 spiro atoms. The second-order valence-electron chi connectivity index (χ2n) is 7.99. The Morgan fingerprint density at radius 2 is 1.71 bits per heavy atom. The Morgan fingerprint density at radius 1 is 1.19 bits per heavy atom. The average Bonchev–Trinajstić information content (AvgIpc) is 3.07. The van der Waals surface area contributed by atoms with E-state index in [0.717, 1.165) is 24.7 Å². The number of aromatic nitrogens is 2. The van der Waals surface area contributed by atoms with E-state index >= 15 is 0 Å². The van der Waals surface area contributed by atoms with Crippen LogP contribution < -0.4 is 5.32 Å². The number of nitrogens with one attached hydrogen (secondary N) is 1. The van der Waals surface area contributed by atoms with Crippen LogP contribution in [0, 0.1) is 25.7 Å². The standard InChI is InChI=1S/C18H31N3/c1-11(10-19-18(5,6)7)8-16-13(3)20-17(21-14(16)4)15-9-12(15)2/h11-12,15,19H,8-10H2,1-7H3. The van der Waals surface area contributed by atoms with Crippen LogP contribution in [0.15, 0.2) is 0 Å². The number of rotatable bonds is 5. The molecule has 3 atom stereocenters. The van der Waals surface area contributed by atoms with Gasteiger partial charge in [-0.05, 0) is 71.4 Å². The first-order valence-corrected chi connectivity index (χ1v) is 8.26. The van der Waals surface area contributed by atoms with Gasteiger partial charge in [-0.25, -0.2) is 9.97 Å². The van der Waals surface area contributed by atoms with Crippen molar-refractivity contribution in [2.24, 2.45) is 11.8 Å². The van der Waals surface area contributed by atoms with Gasteiger partial charge in [-0.2, -0.15) is 0 Å². The zero-order valence-corrected chi connectivity index (χ0v) is 14.7. The lowest BCUT2D eigenvalue weighted by molar-refractivity contribution is 0.381. The summed E-state index contributed by atoms with van der Waals surface area (Å²) in [6.07, 6.45) is 2.31. The Hall–Kier alpha value is -0.960. The minimum atomic E-state index is 0.181. The number of aryl methyl sites for hydroxylation is 2.